The first kappa shape index (κ1) is 20.3. The highest BCUT2D eigenvalue weighted by molar-refractivity contribution is 7.07. The van der Waals surface area contributed by atoms with Crippen molar-refractivity contribution < 1.29 is 19.4 Å². The fourth-order valence-electron chi connectivity index (χ4n) is 2.54. The number of phenolic OH excluding ortho intramolecular Hbond substituents is 1. The maximum absolute atomic E-state index is 12.3. The second-order valence-electron chi connectivity index (χ2n) is 6.21. The van der Waals surface area contributed by atoms with Crippen molar-refractivity contribution in [3.8, 4) is 11.5 Å². The van der Waals surface area contributed by atoms with Crippen molar-refractivity contribution >= 4 is 23.2 Å². The van der Waals surface area contributed by atoms with Gasteiger partial charge in [0.25, 0.3) is 11.8 Å². The van der Waals surface area contributed by atoms with Crippen LogP contribution in [-0.4, -0.2) is 35.0 Å². The van der Waals surface area contributed by atoms with Crippen molar-refractivity contribution in [1.82, 2.24) is 15.6 Å². The molecule has 0 unspecified atom stereocenters. The van der Waals surface area contributed by atoms with E-state index in [4.69, 9.17) is 4.74 Å². The van der Waals surface area contributed by atoms with Gasteiger partial charge in [0.2, 0.25) is 0 Å². The largest absolute Gasteiger partial charge is 0.508 e. The summed E-state index contributed by atoms with van der Waals surface area (Å²) in [7, 11) is 0. The molecule has 1 heterocycles. The van der Waals surface area contributed by atoms with Crippen molar-refractivity contribution in [2.75, 3.05) is 13.1 Å². The van der Waals surface area contributed by atoms with Gasteiger partial charge in [-0.1, -0.05) is 12.1 Å². The summed E-state index contributed by atoms with van der Waals surface area (Å²) in [6, 6.07) is 13.1. The first-order chi connectivity index (χ1) is 14.1. The third-order valence-electron chi connectivity index (χ3n) is 4.00. The van der Waals surface area contributed by atoms with E-state index in [1.54, 1.807) is 41.9 Å². The van der Waals surface area contributed by atoms with E-state index in [9.17, 15) is 14.7 Å². The molecule has 0 radical (unpaired) electrons. The average molecular weight is 411 g/mol. The predicted molar refractivity (Wildman–Crippen MR) is 110 cm³/mol. The highest BCUT2D eigenvalue weighted by Crippen LogP contribution is 2.15. The molecule has 2 aromatic carbocycles. The van der Waals surface area contributed by atoms with E-state index in [0.29, 0.717) is 43.0 Å². The molecule has 2 amide bonds. The molecule has 0 saturated carbocycles. The maximum Gasteiger partial charge on any atom is 0.251 e. The Morgan fingerprint density at radius 3 is 2.34 bits per heavy atom. The number of amides is 2. The number of carbonyl (C=O) groups is 2. The average Bonchev–Trinajstić information content (AvgIpc) is 3.25. The van der Waals surface area contributed by atoms with Gasteiger partial charge in [-0.25, -0.2) is 4.98 Å². The normalized spacial score (nSPS) is 10.3. The number of aromatic hydroxyl groups is 1. The minimum Gasteiger partial charge on any atom is -0.508 e. The minimum absolute atomic E-state index is 0.0442. The number of benzene rings is 2. The molecule has 0 spiro atoms. The minimum atomic E-state index is -0.266. The van der Waals surface area contributed by atoms with Gasteiger partial charge in [0.1, 0.15) is 18.1 Å². The second-order valence-corrected chi connectivity index (χ2v) is 6.93. The Labute approximate surface area is 172 Å². The molecule has 3 rings (SSSR count). The summed E-state index contributed by atoms with van der Waals surface area (Å²) >= 11 is 1.50. The molecule has 0 fully saturated rings. The molecule has 8 heteroatoms. The molecule has 3 aromatic rings. The molecule has 1 aromatic heterocycles. The van der Waals surface area contributed by atoms with E-state index < -0.39 is 0 Å². The monoisotopic (exact) mass is 411 g/mol. The number of nitrogens with zero attached hydrogens (tertiary/aromatic N) is 1. The van der Waals surface area contributed by atoms with Crippen LogP contribution in [-0.2, 0) is 6.61 Å². The summed E-state index contributed by atoms with van der Waals surface area (Å²) < 4.78 is 5.66. The van der Waals surface area contributed by atoms with Crippen LogP contribution in [0.25, 0.3) is 0 Å². The molecule has 29 heavy (non-hydrogen) atoms. The van der Waals surface area contributed by atoms with Gasteiger partial charge in [-0.2, -0.15) is 0 Å². The van der Waals surface area contributed by atoms with Gasteiger partial charge >= 0.3 is 0 Å². The van der Waals surface area contributed by atoms with Crippen LogP contribution in [0.5, 0.6) is 11.5 Å². The van der Waals surface area contributed by atoms with Gasteiger partial charge in [-0.15, -0.1) is 11.3 Å². The number of hydrogen-bond donors (Lipinski definition) is 3. The van der Waals surface area contributed by atoms with Crippen molar-refractivity contribution in [2.24, 2.45) is 0 Å². The van der Waals surface area contributed by atoms with Gasteiger partial charge in [0.05, 0.1) is 11.2 Å². The number of ether oxygens (including phenoxy) is 1. The fourth-order valence-corrected chi connectivity index (χ4v) is 3.08. The van der Waals surface area contributed by atoms with Crippen LogP contribution in [0.1, 0.15) is 32.8 Å². The quantitative estimate of drug-likeness (QED) is 0.470. The molecule has 150 valence electrons. The third-order valence-corrected chi connectivity index (χ3v) is 4.63. The number of thiazole rings is 1. The second kappa shape index (κ2) is 10.2. The summed E-state index contributed by atoms with van der Waals surface area (Å²) in [5.41, 5.74) is 3.49. The zero-order valence-electron chi connectivity index (χ0n) is 15.6. The van der Waals surface area contributed by atoms with Crippen LogP contribution in [0.3, 0.4) is 0 Å². The lowest BCUT2D eigenvalue weighted by molar-refractivity contribution is 0.0951. The molecule has 0 aliphatic heterocycles. The highest BCUT2D eigenvalue weighted by Gasteiger charge is 2.08. The Hall–Kier alpha value is -3.39. The van der Waals surface area contributed by atoms with Gasteiger partial charge in [0.15, 0.2) is 0 Å². The predicted octanol–water partition coefficient (Wildman–Crippen LogP) is 2.98. The van der Waals surface area contributed by atoms with Crippen molar-refractivity contribution in [3.63, 3.8) is 0 Å². The van der Waals surface area contributed by atoms with Crippen LogP contribution in [0.4, 0.5) is 0 Å². The van der Waals surface area contributed by atoms with Crippen molar-refractivity contribution in [2.45, 2.75) is 13.0 Å². The van der Waals surface area contributed by atoms with Crippen LogP contribution < -0.4 is 15.4 Å². The van der Waals surface area contributed by atoms with E-state index in [1.807, 2.05) is 5.38 Å². The molecule has 0 aliphatic carbocycles. The molecule has 7 nitrogen and oxygen atoms in total. The smallest absolute Gasteiger partial charge is 0.251 e. The summed E-state index contributed by atoms with van der Waals surface area (Å²) in [6.07, 6.45) is 0.580. The van der Waals surface area contributed by atoms with Gasteiger partial charge in [-0.3, -0.25) is 9.59 Å². The van der Waals surface area contributed by atoms with E-state index in [1.165, 1.54) is 23.5 Å². The maximum atomic E-state index is 12.3. The first-order valence-electron chi connectivity index (χ1n) is 9.07. The van der Waals surface area contributed by atoms with Crippen LogP contribution in [0.15, 0.2) is 59.4 Å². The zero-order valence-corrected chi connectivity index (χ0v) is 16.4. The summed E-state index contributed by atoms with van der Waals surface area (Å²) in [5.74, 6) is 0.173. The van der Waals surface area contributed by atoms with Crippen molar-refractivity contribution in [3.05, 3.63) is 76.2 Å². The van der Waals surface area contributed by atoms with Gasteiger partial charge in [-0.05, 0) is 42.8 Å². The number of hydrogen-bond acceptors (Lipinski definition) is 6. The lowest BCUT2D eigenvalue weighted by Crippen LogP contribution is -2.29. The SMILES string of the molecule is O=C(NCCCNC(=O)c1cccc(OCc2cscn2)c1)c1cccc(O)c1. The standard InChI is InChI=1S/C21H21N3O4S/c25-18-6-1-4-15(10-18)20(26)22-8-3-9-23-21(27)16-5-2-7-19(11-16)28-12-17-13-29-14-24-17/h1-2,4-7,10-11,13-14,25H,3,8-9,12H2,(H,22,26)(H,23,27). The van der Waals surface area contributed by atoms with E-state index in [2.05, 4.69) is 15.6 Å². The summed E-state index contributed by atoms with van der Waals surface area (Å²) in [5, 5.41) is 16.9. The Bertz CT molecular complexity index is 960. The Balaban J connectivity index is 1.39. The Morgan fingerprint density at radius 1 is 1.00 bits per heavy atom. The molecule has 0 aliphatic rings. The molecule has 0 bridgehead atoms. The first-order valence-corrected chi connectivity index (χ1v) is 10.0. The van der Waals surface area contributed by atoms with E-state index >= 15 is 0 Å². The fraction of sp³-hybridized carbons (Fsp3) is 0.190. The zero-order chi connectivity index (χ0) is 20.5. The van der Waals surface area contributed by atoms with Crippen molar-refractivity contribution in [1.29, 1.82) is 0 Å². The number of rotatable bonds is 9. The number of aromatic nitrogens is 1. The van der Waals surface area contributed by atoms with Gasteiger partial charge < -0.3 is 20.5 Å². The summed E-state index contributed by atoms with van der Waals surface area (Å²) in [4.78, 5) is 28.4. The number of carbonyl (C=O) groups excluding carboxylic acids is 2. The molecule has 0 saturated heterocycles. The van der Waals surface area contributed by atoms with Gasteiger partial charge in [0, 0.05) is 29.6 Å². The molecular formula is C21H21N3O4S. The molecular weight excluding hydrogens is 390 g/mol. The molecule has 0 atom stereocenters. The Morgan fingerprint density at radius 2 is 1.69 bits per heavy atom. The van der Waals surface area contributed by atoms with E-state index in [-0.39, 0.29) is 17.6 Å². The Kier molecular flexibility index (Phi) is 7.18. The van der Waals surface area contributed by atoms with E-state index in [0.717, 1.165) is 5.69 Å². The number of nitrogens with one attached hydrogen (secondary N) is 2. The van der Waals surface area contributed by atoms with Crippen LogP contribution in [0, 0.1) is 0 Å². The highest BCUT2D eigenvalue weighted by atomic mass is 32.1. The lowest BCUT2D eigenvalue weighted by atomic mass is 10.2. The lowest BCUT2D eigenvalue weighted by Gasteiger charge is -2.09. The molecule has 3 N–H and O–H groups in total. The topological polar surface area (TPSA) is 101 Å². The number of phenols is 1. The van der Waals surface area contributed by atoms with Crippen LogP contribution in [0.2, 0.25) is 0 Å². The third kappa shape index (κ3) is 6.32. The summed E-state index contributed by atoms with van der Waals surface area (Å²) in [6.45, 7) is 1.18. The van der Waals surface area contributed by atoms with Crippen LogP contribution >= 0.6 is 11.3 Å².